The van der Waals surface area contributed by atoms with Crippen LogP contribution in [0.15, 0.2) is 35.5 Å². The van der Waals surface area contributed by atoms with Crippen LogP contribution in [-0.4, -0.2) is 36.1 Å². The molecule has 0 spiro atoms. The van der Waals surface area contributed by atoms with E-state index in [4.69, 9.17) is 5.11 Å². The lowest BCUT2D eigenvalue weighted by atomic mass is 10.2. The molecule has 0 fully saturated rings. The first kappa shape index (κ1) is 16.0. The number of aromatic nitrogens is 2. The Morgan fingerprint density at radius 2 is 1.91 bits per heavy atom. The van der Waals surface area contributed by atoms with E-state index in [0.717, 1.165) is 4.31 Å². The summed E-state index contributed by atoms with van der Waals surface area (Å²) < 4.78 is 28.0. The van der Waals surface area contributed by atoms with Gasteiger partial charge in [-0.05, 0) is 38.1 Å². The molecule has 0 saturated carbocycles. The van der Waals surface area contributed by atoms with Crippen LogP contribution in [0.5, 0.6) is 0 Å². The van der Waals surface area contributed by atoms with Gasteiger partial charge in [-0.2, -0.15) is 8.42 Å². The molecule has 22 heavy (non-hydrogen) atoms. The smallest absolute Gasteiger partial charge is 0.335 e. The van der Waals surface area contributed by atoms with Gasteiger partial charge in [0.2, 0.25) is 0 Å². The van der Waals surface area contributed by atoms with Gasteiger partial charge in [0.1, 0.15) is 5.82 Å². The van der Waals surface area contributed by atoms with Gasteiger partial charge in [0, 0.05) is 19.8 Å². The maximum absolute atomic E-state index is 12.6. The minimum absolute atomic E-state index is 0.0309. The molecule has 0 bridgehead atoms. The van der Waals surface area contributed by atoms with Gasteiger partial charge < -0.3 is 9.67 Å². The van der Waals surface area contributed by atoms with Crippen molar-refractivity contribution in [1.29, 1.82) is 0 Å². The summed E-state index contributed by atoms with van der Waals surface area (Å²) in [5, 5.41) is 8.84. The maximum atomic E-state index is 12.6. The van der Waals surface area contributed by atoms with Crippen molar-refractivity contribution in [3.05, 3.63) is 41.9 Å². The highest BCUT2D eigenvalue weighted by atomic mass is 32.2. The molecule has 1 N–H and O–H groups in total. The molecule has 1 aromatic heterocycles. The summed E-state index contributed by atoms with van der Waals surface area (Å²) in [6, 6.07) is 5.62. The first-order valence-electron chi connectivity index (χ1n) is 6.63. The number of sulfonamides is 1. The average Bonchev–Trinajstić information content (AvgIpc) is 2.88. The zero-order valence-corrected chi connectivity index (χ0v) is 13.3. The summed E-state index contributed by atoms with van der Waals surface area (Å²) in [6.45, 7) is 4.27. The SMILES string of the molecule is CCn1cc(S(=O)(=O)N(C)c2ccc(C(=O)O)cc2)nc1C. The van der Waals surface area contributed by atoms with E-state index in [-0.39, 0.29) is 10.6 Å². The lowest BCUT2D eigenvalue weighted by Gasteiger charge is -2.18. The summed E-state index contributed by atoms with van der Waals surface area (Å²) in [5.41, 5.74) is 0.467. The molecule has 7 nitrogen and oxygen atoms in total. The molecule has 0 aliphatic heterocycles. The number of benzene rings is 1. The maximum Gasteiger partial charge on any atom is 0.335 e. The van der Waals surface area contributed by atoms with Gasteiger partial charge >= 0.3 is 5.97 Å². The Hall–Kier alpha value is -2.35. The molecule has 118 valence electrons. The minimum Gasteiger partial charge on any atom is -0.478 e. The molecule has 2 rings (SSSR count). The quantitative estimate of drug-likeness (QED) is 0.904. The number of hydrogen-bond donors (Lipinski definition) is 1. The third-order valence-electron chi connectivity index (χ3n) is 3.40. The van der Waals surface area contributed by atoms with Crippen molar-refractivity contribution in [2.75, 3.05) is 11.4 Å². The van der Waals surface area contributed by atoms with E-state index < -0.39 is 16.0 Å². The second kappa shape index (κ2) is 5.80. The van der Waals surface area contributed by atoms with Crippen LogP contribution in [0, 0.1) is 6.92 Å². The third-order valence-corrected chi connectivity index (χ3v) is 5.05. The van der Waals surface area contributed by atoms with Crippen molar-refractivity contribution < 1.29 is 18.3 Å². The molecule has 1 aromatic carbocycles. The summed E-state index contributed by atoms with van der Waals surface area (Å²) in [5.74, 6) is -0.440. The highest BCUT2D eigenvalue weighted by molar-refractivity contribution is 7.92. The second-order valence-electron chi connectivity index (χ2n) is 4.74. The van der Waals surface area contributed by atoms with Gasteiger partial charge in [-0.15, -0.1) is 0 Å². The number of carbonyl (C=O) groups is 1. The Kier molecular flexibility index (Phi) is 4.23. The van der Waals surface area contributed by atoms with Gasteiger partial charge in [0.05, 0.1) is 11.3 Å². The standard InChI is InChI=1S/C14H17N3O4S/c1-4-17-9-13(15-10(17)2)22(20,21)16(3)12-7-5-11(6-8-12)14(18)19/h5-9H,4H2,1-3H3,(H,18,19). The Balaban J connectivity index is 2.37. The van der Waals surface area contributed by atoms with Crippen LogP contribution in [0.25, 0.3) is 0 Å². The topological polar surface area (TPSA) is 92.5 Å². The Labute approximate surface area is 128 Å². The molecule has 1 heterocycles. The van der Waals surface area contributed by atoms with Crippen molar-refractivity contribution in [2.24, 2.45) is 0 Å². The van der Waals surface area contributed by atoms with E-state index in [2.05, 4.69) is 4.98 Å². The number of rotatable bonds is 5. The lowest BCUT2D eigenvalue weighted by Crippen LogP contribution is -2.26. The molecule has 0 saturated heterocycles. The number of hydrogen-bond acceptors (Lipinski definition) is 4. The van der Waals surface area contributed by atoms with E-state index >= 15 is 0 Å². The fraction of sp³-hybridized carbons (Fsp3) is 0.286. The van der Waals surface area contributed by atoms with Gasteiger partial charge in [-0.25, -0.2) is 9.78 Å². The predicted octanol–water partition coefficient (Wildman–Crippen LogP) is 1.73. The highest BCUT2D eigenvalue weighted by Gasteiger charge is 2.25. The van der Waals surface area contributed by atoms with Crippen molar-refractivity contribution in [2.45, 2.75) is 25.4 Å². The number of carboxylic acids is 1. The summed E-state index contributed by atoms with van der Waals surface area (Å²) >= 11 is 0. The molecule has 0 atom stereocenters. The second-order valence-corrected chi connectivity index (χ2v) is 6.65. The number of anilines is 1. The van der Waals surface area contributed by atoms with E-state index in [0.29, 0.717) is 18.1 Å². The molecule has 2 aromatic rings. The Bertz CT molecular complexity index is 794. The molecular weight excluding hydrogens is 306 g/mol. The van der Waals surface area contributed by atoms with Gasteiger partial charge in [0.15, 0.2) is 5.03 Å². The van der Waals surface area contributed by atoms with Crippen LogP contribution in [0.2, 0.25) is 0 Å². The number of aromatic carboxylic acids is 1. The molecule has 0 unspecified atom stereocenters. The Morgan fingerprint density at radius 3 is 2.36 bits per heavy atom. The van der Waals surface area contributed by atoms with Gasteiger partial charge in [0.25, 0.3) is 10.0 Å². The monoisotopic (exact) mass is 323 g/mol. The molecule has 0 amide bonds. The predicted molar refractivity (Wildman–Crippen MR) is 81.6 cm³/mol. The fourth-order valence-corrected chi connectivity index (χ4v) is 3.20. The van der Waals surface area contributed by atoms with Crippen molar-refractivity contribution in [3.63, 3.8) is 0 Å². The van der Waals surface area contributed by atoms with Crippen molar-refractivity contribution in [3.8, 4) is 0 Å². The summed E-state index contributed by atoms with van der Waals surface area (Å²) in [7, 11) is -2.37. The third kappa shape index (κ3) is 2.82. The van der Waals surface area contributed by atoms with Crippen LogP contribution in [-0.2, 0) is 16.6 Å². The first-order chi connectivity index (χ1) is 10.3. The fourth-order valence-electron chi connectivity index (χ4n) is 2.02. The van der Waals surface area contributed by atoms with Crippen LogP contribution in [0.4, 0.5) is 5.69 Å². The van der Waals surface area contributed by atoms with Crippen molar-refractivity contribution >= 4 is 21.7 Å². The van der Waals surface area contributed by atoms with Gasteiger partial charge in [-0.1, -0.05) is 0 Å². The zero-order chi connectivity index (χ0) is 16.5. The number of carboxylic acid groups (broad SMARTS) is 1. The molecule has 0 aliphatic carbocycles. The Morgan fingerprint density at radius 1 is 1.32 bits per heavy atom. The average molecular weight is 323 g/mol. The van der Waals surface area contributed by atoms with E-state index in [1.54, 1.807) is 11.5 Å². The minimum atomic E-state index is -3.78. The van der Waals surface area contributed by atoms with Gasteiger partial charge in [-0.3, -0.25) is 4.31 Å². The van der Waals surface area contributed by atoms with Crippen molar-refractivity contribution in [1.82, 2.24) is 9.55 Å². The molecular formula is C14H17N3O4S. The number of nitrogens with zero attached hydrogens (tertiary/aromatic N) is 3. The van der Waals surface area contributed by atoms with Crippen LogP contribution in [0.1, 0.15) is 23.1 Å². The highest BCUT2D eigenvalue weighted by Crippen LogP contribution is 2.22. The van der Waals surface area contributed by atoms with E-state index in [1.807, 2.05) is 6.92 Å². The van der Waals surface area contributed by atoms with Crippen LogP contribution in [0.3, 0.4) is 0 Å². The summed E-state index contributed by atoms with van der Waals surface area (Å²) in [4.78, 5) is 14.9. The zero-order valence-electron chi connectivity index (χ0n) is 12.5. The molecule has 0 radical (unpaired) electrons. The van der Waals surface area contributed by atoms with E-state index in [1.165, 1.54) is 37.5 Å². The summed E-state index contributed by atoms with van der Waals surface area (Å²) in [6.07, 6.45) is 1.49. The van der Waals surface area contributed by atoms with Crippen LogP contribution >= 0.6 is 0 Å². The largest absolute Gasteiger partial charge is 0.478 e. The first-order valence-corrected chi connectivity index (χ1v) is 8.07. The van der Waals surface area contributed by atoms with Crippen LogP contribution < -0.4 is 4.31 Å². The number of imidazole rings is 1. The number of aryl methyl sites for hydroxylation is 2. The van der Waals surface area contributed by atoms with E-state index in [9.17, 15) is 13.2 Å². The normalized spacial score (nSPS) is 11.4. The lowest BCUT2D eigenvalue weighted by molar-refractivity contribution is 0.0697. The molecule has 0 aliphatic rings. The molecule has 8 heteroatoms.